The van der Waals surface area contributed by atoms with E-state index in [9.17, 15) is 9.50 Å². The molecule has 0 aliphatic heterocycles. The molecule has 4 aromatic rings. The lowest BCUT2D eigenvalue weighted by Gasteiger charge is -2.17. The molecule has 144 valence electrons. The molecule has 2 heterocycles. The van der Waals surface area contributed by atoms with Gasteiger partial charge in [0.15, 0.2) is 0 Å². The van der Waals surface area contributed by atoms with Gasteiger partial charge in [0, 0.05) is 31.2 Å². The summed E-state index contributed by atoms with van der Waals surface area (Å²) >= 11 is 0. The van der Waals surface area contributed by atoms with Gasteiger partial charge in [0.25, 0.3) is 0 Å². The number of halogens is 1. The van der Waals surface area contributed by atoms with Gasteiger partial charge in [-0.1, -0.05) is 12.0 Å². The number of pyridine rings is 1. The Balaban J connectivity index is 2.13. The highest BCUT2D eigenvalue weighted by Crippen LogP contribution is 2.37. The number of rotatable bonds is 3. The minimum atomic E-state index is -0.510. The summed E-state index contributed by atoms with van der Waals surface area (Å²) in [4.78, 5) is 15.1. The summed E-state index contributed by atoms with van der Waals surface area (Å²) in [7, 11) is 5.19. The maximum Gasteiger partial charge on any atom is 0.316 e. The number of methoxy groups -OCH3 is 1. The first kappa shape index (κ1) is 18.4. The van der Waals surface area contributed by atoms with Crippen molar-refractivity contribution in [1.29, 1.82) is 0 Å². The molecule has 2 aromatic heterocycles. The van der Waals surface area contributed by atoms with Crippen LogP contribution in [0.15, 0.2) is 36.5 Å². The summed E-state index contributed by atoms with van der Waals surface area (Å²) < 4.78 is 19.5. The average Bonchev–Trinajstić information content (AvgIpc) is 2.71. The molecule has 0 fully saturated rings. The number of phenols is 1. The Morgan fingerprint density at radius 3 is 2.66 bits per heavy atom. The van der Waals surface area contributed by atoms with E-state index in [1.54, 1.807) is 18.3 Å². The van der Waals surface area contributed by atoms with Crippen molar-refractivity contribution in [3.05, 3.63) is 47.9 Å². The van der Waals surface area contributed by atoms with Crippen LogP contribution in [0.25, 0.3) is 32.9 Å². The van der Waals surface area contributed by atoms with Crippen LogP contribution in [0.1, 0.15) is 5.56 Å². The molecule has 6 nitrogen and oxygen atoms in total. The third-order valence-corrected chi connectivity index (χ3v) is 4.61. The van der Waals surface area contributed by atoms with Crippen LogP contribution in [-0.4, -0.2) is 41.3 Å². The van der Waals surface area contributed by atoms with Crippen LogP contribution >= 0.6 is 0 Å². The van der Waals surface area contributed by atoms with E-state index in [1.807, 2.05) is 19.0 Å². The first-order valence-electron chi connectivity index (χ1n) is 8.74. The van der Waals surface area contributed by atoms with Gasteiger partial charge in [-0.05, 0) is 29.7 Å². The highest BCUT2D eigenvalue weighted by Gasteiger charge is 2.17. The quantitative estimate of drug-likeness (QED) is 0.539. The van der Waals surface area contributed by atoms with Gasteiger partial charge in [-0.3, -0.25) is 0 Å². The predicted molar refractivity (Wildman–Crippen MR) is 111 cm³/mol. The zero-order valence-corrected chi connectivity index (χ0v) is 16.1. The smallest absolute Gasteiger partial charge is 0.316 e. The van der Waals surface area contributed by atoms with Crippen molar-refractivity contribution < 1.29 is 14.2 Å². The Kier molecular flexibility index (Phi) is 4.40. The standard InChI is InChI=1S/C22H17FN4O2/c1-5-14-17(23)7-6-12-8-13(28)9-15(20(12)14)18-10-19-16(21(25-18)27(2)3)11-24-22(26-19)29-4/h1,6-11,28H,2-4H3. The van der Waals surface area contributed by atoms with Crippen molar-refractivity contribution in [2.45, 2.75) is 0 Å². The van der Waals surface area contributed by atoms with Crippen LogP contribution in [0.2, 0.25) is 0 Å². The average molecular weight is 388 g/mol. The van der Waals surface area contributed by atoms with E-state index in [0.717, 1.165) is 5.39 Å². The Bertz CT molecular complexity index is 1310. The molecule has 0 saturated heterocycles. The van der Waals surface area contributed by atoms with E-state index >= 15 is 0 Å². The number of aromatic hydroxyl groups is 1. The Morgan fingerprint density at radius 1 is 1.17 bits per heavy atom. The number of nitrogens with zero attached hydrogens (tertiary/aromatic N) is 4. The second-order valence-electron chi connectivity index (χ2n) is 6.67. The molecule has 4 rings (SSSR count). The van der Waals surface area contributed by atoms with E-state index in [2.05, 4.69) is 15.9 Å². The van der Waals surface area contributed by atoms with Crippen molar-refractivity contribution in [3.8, 4) is 35.4 Å². The molecule has 0 spiro atoms. The zero-order chi connectivity index (χ0) is 20.7. The highest BCUT2D eigenvalue weighted by molar-refractivity contribution is 6.03. The number of phenolic OH excluding ortho intramolecular Hbond substituents is 1. The molecule has 0 unspecified atom stereocenters. The SMILES string of the molecule is C#Cc1c(F)ccc2cc(O)cc(-c3cc4nc(OC)ncc4c(N(C)C)n3)c12. The number of terminal acetylenes is 1. The Morgan fingerprint density at radius 2 is 1.97 bits per heavy atom. The molecule has 0 amide bonds. The second kappa shape index (κ2) is 6.91. The van der Waals surface area contributed by atoms with E-state index in [1.165, 1.54) is 25.3 Å². The molecule has 2 aromatic carbocycles. The van der Waals surface area contributed by atoms with Gasteiger partial charge in [0.1, 0.15) is 17.4 Å². The molecule has 7 heteroatoms. The number of fused-ring (bicyclic) bond motifs is 2. The van der Waals surface area contributed by atoms with Crippen LogP contribution in [-0.2, 0) is 0 Å². The first-order chi connectivity index (χ1) is 13.9. The zero-order valence-electron chi connectivity index (χ0n) is 16.1. The van der Waals surface area contributed by atoms with Gasteiger partial charge < -0.3 is 14.7 Å². The number of hydrogen-bond acceptors (Lipinski definition) is 6. The first-order valence-corrected chi connectivity index (χ1v) is 8.74. The fourth-order valence-corrected chi connectivity index (χ4v) is 3.34. The molecular weight excluding hydrogens is 371 g/mol. The van der Waals surface area contributed by atoms with E-state index in [0.29, 0.717) is 33.4 Å². The Hall–Kier alpha value is -3.92. The largest absolute Gasteiger partial charge is 0.508 e. The minimum absolute atomic E-state index is 0.0237. The number of benzene rings is 2. The maximum atomic E-state index is 14.4. The molecule has 0 radical (unpaired) electrons. The van der Waals surface area contributed by atoms with Crippen molar-refractivity contribution >= 4 is 27.5 Å². The Labute approximate surface area is 166 Å². The monoisotopic (exact) mass is 388 g/mol. The van der Waals surface area contributed by atoms with E-state index < -0.39 is 5.82 Å². The molecule has 1 N–H and O–H groups in total. The fraction of sp³-hybridized carbons (Fsp3) is 0.136. The van der Waals surface area contributed by atoms with Crippen LogP contribution in [0.4, 0.5) is 10.2 Å². The molecule has 0 bridgehead atoms. The van der Waals surface area contributed by atoms with Crippen molar-refractivity contribution in [3.63, 3.8) is 0 Å². The van der Waals surface area contributed by atoms with E-state index in [4.69, 9.17) is 16.1 Å². The van der Waals surface area contributed by atoms with Gasteiger partial charge in [-0.25, -0.2) is 14.4 Å². The van der Waals surface area contributed by atoms with Crippen molar-refractivity contribution in [1.82, 2.24) is 15.0 Å². The lowest BCUT2D eigenvalue weighted by atomic mass is 9.96. The van der Waals surface area contributed by atoms with Crippen LogP contribution in [0.3, 0.4) is 0 Å². The topological polar surface area (TPSA) is 71.4 Å². The lowest BCUT2D eigenvalue weighted by Crippen LogP contribution is -2.12. The van der Waals surface area contributed by atoms with Gasteiger partial charge in [0.05, 0.1) is 29.3 Å². The normalized spacial score (nSPS) is 10.9. The summed E-state index contributed by atoms with van der Waals surface area (Å²) in [5.41, 5.74) is 1.71. The molecule has 0 aliphatic carbocycles. The van der Waals surface area contributed by atoms with E-state index in [-0.39, 0.29) is 17.3 Å². The van der Waals surface area contributed by atoms with Gasteiger partial charge in [-0.15, -0.1) is 6.42 Å². The number of ether oxygens (including phenoxy) is 1. The number of aromatic nitrogens is 3. The third-order valence-electron chi connectivity index (χ3n) is 4.61. The highest BCUT2D eigenvalue weighted by atomic mass is 19.1. The van der Waals surface area contributed by atoms with Crippen molar-refractivity contribution in [2.24, 2.45) is 0 Å². The van der Waals surface area contributed by atoms with Gasteiger partial charge in [-0.2, -0.15) is 4.98 Å². The number of anilines is 1. The minimum Gasteiger partial charge on any atom is -0.508 e. The third kappa shape index (κ3) is 3.05. The molecule has 29 heavy (non-hydrogen) atoms. The lowest BCUT2D eigenvalue weighted by molar-refractivity contribution is 0.382. The summed E-state index contributed by atoms with van der Waals surface area (Å²) in [6.07, 6.45) is 7.23. The number of hydrogen-bond donors (Lipinski definition) is 1. The summed E-state index contributed by atoms with van der Waals surface area (Å²) in [6.45, 7) is 0. The molecule has 0 atom stereocenters. The summed E-state index contributed by atoms with van der Waals surface area (Å²) in [5, 5.41) is 12.1. The predicted octanol–water partition coefficient (Wildman–Crippen LogP) is 3.75. The maximum absolute atomic E-state index is 14.4. The van der Waals surface area contributed by atoms with Crippen LogP contribution in [0.5, 0.6) is 11.8 Å². The second-order valence-corrected chi connectivity index (χ2v) is 6.67. The fourth-order valence-electron chi connectivity index (χ4n) is 3.34. The van der Waals surface area contributed by atoms with Crippen LogP contribution < -0.4 is 9.64 Å². The molecule has 0 saturated carbocycles. The van der Waals surface area contributed by atoms with Gasteiger partial charge >= 0.3 is 6.01 Å². The summed E-state index contributed by atoms with van der Waals surface area (Å²) in [6, 6.07) is 7.89. The molecule has 0 aliphatic rings. The van der Waals surface area contributed by atoms with Crippen LogP contribution in [0, 0.1) is 18.2 Å². The molecular formula is C22H17FN4O2. The van der Waals surface area contributed by atoms with Crippen molar-refractivity contribution in [2.75, 3.05) is 26.1 Å². The van der Waals surface area contributed by atoms with Gasteiger partial charge in [0.2, 0.25) is 0 Å². The summed E-state index contributed by atoms with van der Waals surface area (Å²) in [5.74, 6) is 2.55.